The van der Waals surface area contributed by atoms with Gasteiger partial charge in [0, 0.05) is 25.4 Å². The van der Waals surface area contributed by atoms with Gasteiger partial charge in [-0.1, -0.05) is 30.3 Å². The van der Waals surface area contributed by atoms with Gasteiger partial charge in [0.05, 0.1) is 17.1 Å². The second-order valence-electron chi connectivity index (χ2n) is 6.21. The third kappa shape index (κ3) is 5.20. The van der Waals surface area contributed by atoms with Crippen LogP contribution in [-0.4, -0.2) is 32.7 Å². The molecule has 0 fully saturated rings. The topological polar surface area (TPSA) is 96.6 Å². The number of benzene rings is 2. The van der Waals surface area contributed by atoms with Gasteiger partial charge in [0.2, 0.25) is 5.89 Å². The SMILES string of the molecule is CN=C(NCc1ccc(S(C)(=O)=O)cc1)NCc1coc(-c2ccccc2)n1. The van der Waals surface area contributed by atoms with Gasteiger partial charge in [-0.05, 0) is 29.8 Å². The van der Waals surface area contributed by atoms with Crippen LogP contribution in [-0.2, 0) is 22.9 Å². The number of guanidine groups is 1. The lowest BCUT2D eigenvalue weighted by atomic mass is 10.2. The van der Waals surface area contributed by atoms with Crippen molar-refractivity contribution >= 4 is 15.8 Å². The summed E-state index contributed by atoms with van der Waals surface area (Å²) < 4.78 is 28.5. The Morgan fingerprint density at radius 2 is 1.71 bits per heavy atom. The van der Waals surface area contributed by atoms with Crippen LogP contribution < -0.4 is 10.6 Å². The van der Waals surface area contributed by atoms with Crippen LogP contribution >= 0.6 is 0 Å². The standard InChI is InChI=1S/C20H22N4O3S/c1-21-20(22-12-15-8-10-18(11-9-15)28(2,25)26)23-13-17-14-27-19(24-17)16-6-4-3-5-7-16/h3-11,14H,12-13H2,1-2H3,(H2,21,22,23). The first-order valence-electron chi connectivity index (χ1n) is 8.69. The van der Waals surface area contributed by atoms with Gasteiger partial charge in [0.25, 0.3) is 0 Å². The summed E-state index contributed by atoms with van der Waals surface area (Å²) in [7, 11) is -1.50. The van der Waals surface area contributed by atoms with E-state index in [4.69, 9.17) is 4.42 Å². The highest BCUT2D eigenvalue weighted by Gasteiger charge is 2.08. The maximum Gasteiger partial charge on any atom is 0.226 e. The molecule has 146 valence electrons. The Hall–Kier alpha value is -3.13. The molecule has 8 heteroatoms. The number of hydrogen-bond donors (Lipinski definition) is 2. The third-order valence-corrected chi connectivity index (χ3v) is 5.17. The van der Waals surface area contributed by atoms with Crippen molar-refractivity contribution in [2.45, 2.75) is 18.0 Å². The summed E-state index contributed by atoms with van der Waals surface area (Å²) in [5, 5.41) is 6.36. The van der Waals surface area contributed by atoms with Gasteiger partial charge >= 0.3 is 0 Å². The van der Waals surface area contributed by atoms with Gasteiger partial charge in [-0.2, -0.15) is 0 Å². The van der Waals surface area contributed by atoms with Crippen LogP contribution in [0.15, 0.2) is 75.2 Å². The second kappa shape index (κ2) is 8.71. The zero-order valence-electron chi connectivity index (χ0n) is 15.7. The monoisotopic (exact) mass is 398 g/mol. The van der Waals surface area contributed by atoms with Crippen molar-refractivity contribution in [1.82, 2.24) is 15.6 Å². The van der Waals surface area contributed by atoms with Gasteiger partial charge in [-0.3, -0.25) is 4.99 Å². The molecule has 7 nitrogen and oxygen atoms in total. The molecule has 0 radical (unpaired) electrons. The molecular formula is C20H22N4O3S. The molecule has 0 amide bonds. The van der Waals surface area contributed by atoms with Crippen molar-refractivity contribution in [3.05, 3.63) is 72.1 Å². The molecule has 0 saturated heterocycles. The number of aromatic nitrogens is 1. The Balaban J connectivity index is 1.53. The Morgan fingerprint density at radius 3 is 2.36 bits per heavy atom. The molecule has 0 aliphatic heterocycles. The fourth-order valence-electron chi connectivity index (χ4n) is 2.54. The molecule has 2 N–H and O–H groups in total. The first-order valence-corrected chi connectivity index (χ1v) is 10.6. The number of nitrogens with one attached hydrogen (secondary N) is 2. The second-order valence-corrected chi connectivity index (χ2v) is 8.22. The molecule has 0 aliphatic rings. The van der Waals surface area contributed by atoms with Crippen LogP contribution in [0.1, 0.15) is 11.3 Å². The zero-order chi connectivity index (χ0) is 20.0. The third-order valence-electron chi connectivity index (χ3n) is 4.04. The predicted octanol–water partition coefficient (Wildman–Crippen LogP) is 2.61. The van der Waals surface area contributed by atoms with E-state index in [2.05, 4.69) is 20.6 Å². The molecule has 0 spiro atoms. The smallest absolute Gasteiger partial charge is 0.226 e. The average Bonchev–Trinajstić information content (AvgIpc) is 3.17. The average molecular weight is 398 g/mol. The summed E-state index contributed by atoms with van der Waals surface area (Å²) in [6.07, 6.45) is 2.81. The van der Waals surface area contributed by atoms with E-state index in [9.17, 15) is 8.42 Å². The molecule has 0 atom stereocenters. The van der Waals surface area contributed by atoms with E-state index in [-0.39, 0.29) is 0 Å². The summed E-state index contributed by atoms with van der Waals surface area (Å²) in [6.45, 7) is 0.973. The zero-order valence-corrected chi connectivity index (χ0v) is 16.5. The molecule has 3 aromatic rings. The molecule has 0 unspecified atom stereocenters. The molecule has 28 heavy (non-hydrogen) atoms. The highest BCUT2D eigenvalue weighted by Crippen LogP contribution is 2.17. The Morgan fingerprint density at radius 1 is 1.04 bits per heavy atom. The van der Waals surface area contributed by atoms with E-state index < -0.39 is 9.84 Å². The summed E-state index contributed by atoms with van der Waals surface area (Å²) in [5.41, 5.74) is 2.64. The fraction of sp³-hybridized carbons (Fsp3) is 0.200. The van der Waals surface area contributed by atoms with Crippen molar-refractivity contribution in [1.29, 1.82) is 0 Å². The Kier molecular flexibility index (Phi) is 6.10. The van der Waals surface area contributed by atoms with Crippen LogP contribution in [0.3, 0.4) is 0 Å². The van der Waals surface area contributed by atoms with Crippen LogP contribution in [0.5, 0.6) is 0 Å². The maximum atomic E-state index is 11.5. The lowest BCUT2D eigenvalue weighted by molar-refractivity contribution is 0.572. The highest BCUT2D eigenvalue weighted by atomic mass is 32.2. The minimum absolute atomic E-state index is 0.305. The van der Waals surface area contributed by atoms with E-state index in [1.54, 1.807) is 37.6 Å². The van der Waals surface area contributed by atoms with Crippen LogP contribution in [0.2, 0.25) is 0 Å². The Bertz CT molecular complexity index is 1040. The van der Waals surface area contributed by atoms with Gasteiger partial charge in [0.15, 0.2) is 15.8 Å². The van der Waals surface area contributed by atoms with E-state index >= 15 is 0 Å². The van der Waals surface area contributed by atoms with Gasteiger partial charge in [-0.15, -0.1) is 0 Å². The van der Waals surface area contributed by atoms with Crippen LogP contribution in [0.4, 0.5) is 0 Å². The van der Waals surface area contributed by atoms with E-state index in [1.807, 2.05) is 30.3 Å². The van der Waals surface area contributed by atoms with Crippen LogP contribution in [0, 0.1) is 0 Å². The van der Waals surface area contributed by atoms with Crippen molar-refractivity contribution < 1.29 is 12.8 Å². The molecule has 1 aromatic heterocycles. The quantitative estimate of drug-likeness (QED) is 0.489. The van der Waals surface area contributed by atoms with Crippen molar-refractivity contribution in [2.24, 2.45) is 4.99 Å². The summed E-state index contributed by atoms with van der Waals surface area (Å²) in [5.74, 6) is 1.18. The number of sulfone groups is 1. The number of rotatable bonds is 6. The number of aliphatic imine (C=N–C) groups is 1. The van der Waals surface area contributed by atoms with Gasteiger partial charge < -0.3 is 15.1 Å². The van der Waals surface area contributed by atoms with E-state index in [1.165, 1.54) is 6.26 Å². The molecular weight excluding hydrogens is 376 g/mol. The van der Waals surface area contributed by atoms with Gasteiger partial charge in [-0.25, -0.2) is 13.4 Å². The minimum atomic E-state index is -3.19. The number of hydrogen-bond acceptors (Lipinski definition) is 5. The van der Waals surface area contributed by atoms with Crippen molar-refractivity contribution in [3.63, 3.8) is 0 Å². The first-order chi connectivity index (χ1) is 13.5. The summed E-state index contributed by atoms with van der Waals surface area (Å²) >= 11 is 0. The molecule has 0 aliphatic carbocycles. The van der Waals surface area contributed by atoms with Gasteiger partial charge in [0.1, 0.15) is 6.26 Å². The number of nitrogens with zero attached hydrogens (tertiary/aromatic N) is 2. The largest absolute Gasteiger partial charge is 0.444 e. The summed E-state index contributed by atoms with van der Waals surface area (Å²) in [6, 6.07) is 16.5. The first kappa shape index (κ1) is 19.6. The molecule has 3 rings (SSSR count). The molecule has 0 bridgehead atoms. The molecule has 1 heterocycles. The van der Waals surface area contributed by atoms with E-state index in [0.717, 1.165) is 16.8 Å². The molecule has 0 saturated carbocycles. The minimum Gasteiger partial charge on any atom is -0.444 e. The van der Waals surface area contributed by atoms with Crippen LogP contribution in [0.25, 0.3) is 11.5 Å². The van der Waals surface area contributed by atoms with Crippen molar-refractivity contribution in [2.75, 3.05) is 13.3 Å². The summed E-state index contributed by atoms with van der Waals surface area (Å²) in [4.78, 5) is 8.95. The lowest BCUT2D eigenvalue weighted by Gasteiger charge is -2.11. The van der Waals surface area contributed by atoms with Crippen molar-refractivity contribution in [3.8, 4) is 11.5 Å². The fourth-order valence-corrected chi connectivity index (χ4v) is 3.17. The Labute approximate surface area is 164 Å². The van der Waals surface area contributed by atoms with E-state index in [0.29, 0.717) is 29.8 Å². The lowest BCUT2D eigenvalue weighted by Crippen LogP contribution is -2.36. The highest BCUT2D eigenvalue weighted by molar-refractivity contribution is 7.90. The maximum absolute atomic E-state index is 11.5. The molecule has 2 aromatic carbocycles. The normalized spacial score (nSPS) is 12.0. The predicted molar refractivity (Wildman–Crippen MR) is 109 cm³/mol. The number of oxazole rings is 1.